The number of hydrogen-bond donors (Lipinski definition) is 1. The third kappa shape index (κ3) is 4.79. The average Bonchev–Trinajstić information content (AvgIpc) is 3.48. The lowest BCUT2D eigenvalue weighted by atomic mass is 10.0. The summed E-state index contributed by atoms with van der Waals surface area (Å²) < 4.78 is 53.4. The van der Waals surface area contributed by atoms with E-state index in [9.17, 15) is 22.4 Å². The molecule has 5 rings (SSSR count). The summed E-state index contributed by atoms with van der Waals surface area (Å²) in [5, 5.41) is 3.09. The van der Waals surface area contributed by atoms with Crippen LogP contribution in [0.25, 0.3) is 11.1 Å². The molecule has 9 heteroatoms. The minimum Gasteiger partial charge on any atom is -0.368 e. The fraction of sp³-hybridized carbons (Fsp3) is 0.370. The molecule has 188 valence electrons. The topological polar surface area (TPSA) is 58.1 Å². The van der Waals surface area contributed by atoms with Gasteiger partial charge in [-0.2, -0.15) is 13.2 Å². The number of carbonyl (C=O) groups is 1. The molecule has 1 N–H and O–H groups in total. The van der Waals surface area contributed by atoms with Crippen molar-refractivity contribution < 1.29 is 22.4 Å². The molecule has 1 aromatic carbocycles. The predicted molar refractivity (Wildman–Crippen MR) is 128 cm³/mol. The third-order valence-corrected chi connectivity index (χ3v) is 7.09. The molecule has 1 unspecified atom stereocenters. The van der Waals surface area contributed by atoms with Gasteiger partial charge < -0.3 is 10.2 Å². The van der Waals surface area contributed by atoms with Gasteiger partial charge in [-0.3, -0.25) is 4.79 Å². The molecular weight excluding hydrogens is 472 g/mol. The van der Waals surface area contributed by atoms with Crippen LogP contribution in [-0.2, 0) is 6.18 Å². The minimum atomic E-state index is -4.45. The predicted octanol–water partition coefficient (Wildman–Crippen LogP) is 6.03. The van der Waals surface area contributed by atoms with Crippen molar-refractivity contribution in [1.82, 2.24) is 14.9 Å². The van der Waals surface area contributed by atoms with E-state index in [4.69, 9.17) is 0 Å². The Labute approximate surface area is 206 Å². The zero-order chi connectivity index (χ0) is 25.7. The Morgan fingerprint density at radius 3 is 2.50 bits per heavy atom. The van der Waals surface area contributed by atoms with Crippen molar-refractivity contribution in [2.75, 3.05) is 18.4 Å². The molecule has 1 saturated carbocycles. The van der Waals surface area contributed by atoms with Gasteiger partial charge in [0.2, 0.25) is 0 Å². The van der Waals surface area contributed by atoms with E-state index in [1.807, 2.05) is 0 Å². The van der Waals surface area contributed by atoms with Crippen LogP contribution in [0.2, 0.25) is 0 Å². The molecule has 2 aliphatic rings. The van der Waals surface area contributed by atoms with Gasteiger partial charge in [0.15, 0.2) is 0 Å². The van der Waals surface area contributed by atoms with Gasteiger partial charge in [-0.15, -0.1) is 0 Å². The quantitative estimate of drug-likeness (QED) is 0.437. The zero-order valence-electron chi connectivity index (χ0n) is 20.0. The Morgan fingerprint density at radius 1 is 1.11 bits per heavy atom. The highest BCUT2D eigenvalue weighted by Gasteiger charge is 2.53. The fourth-order valence-corrected chi connectivity index (χ4v) is 4.92. The van der Waals surface area contributed by atoms with Crippen molar-refractivity contribution >= 4 is 11.7 Å². The minimum absolute atomic E-state index is 0.0642. The Bertz CT molecular complexity index is 1300. The second-order valence-electron chi connectivity index (χ2n) is 9.93. The number of benzene rings is 1. The normalized spacial score (nSPS) is 18.5. The zero-order valence-corrected chi connectivity index (χ0v) is 20.0. The largest absolute Gasteiger partial charge is 0.417 e. The Hall–Kier alpha value is -3.49. The van der Waals surface area contributed by atoms with E-state index in [0.717, 1.165) is 37.1 Å². The van der Waals surface area contributed by atoms with E-state index in [1.54, 1.807) is 43.0 Å². The van der Waals surface area contributed by atoms with Crippen LogP contribution in [0.5, 0.6) is 0 Å². The van der Waals surface area contributed by atoms with Crippen LogP contribution in [0.1, 0.15) is 46.6 Å². The van der Waals surface area contributed by atoms with Crippen LogP contribution in [0, 0.1) is 25.1 Å². The summed E-state index contributed by atoms with van der Waals surface area (Å²) in [6, 6.07) is 10.5. The summed E-state index contributed by atoms with van der Waals surface area (Å²) in [5.74, 6) is -0.380. The van der Waals surface area contributed by atoms with E-state index in [-0.39, 0.29) is 23.1 Å². The van der Waals surface area contributed by atoms with E-state index < -0.39 is 17.6 Å². The van der Waals surface area contributed by atoms with E-state index in [0.29, 0.717) is 35.7 Å². The summed E-state index contributed by atoms with van der Waals surface area (Å²) in [4.78, 5) is 24.0. The standard InChI is InChI=1S/C27H26F4N4O/c1-16-3-6-20(22(28)11-16)21-7-4-17(2)34-24(21)25(36)35-15-26(9-10-26)12-19(35)14-33-23-8-5-18(13-32-23)27(29,30)31/h3-8,11,13,19H,9-10,12,14-15H2,1-2H3,(H,32,33). The summed E-state index contributed by atoms with van der Waals surface area (Å²) in [7, 11) is 0. The van der Waals surface area contributed by atoms with E-state index in [1.165, 1.54) is 12.1 Å². The summed E-state index contributed by atoms with van der Waals surface area (Å²) >= 11 is 0. The van der Waals surface area contributed by atoms with Crippen LogP contribution >= 0.6 is 0 Å². The van der Waals surface area contributed by atoms with Gasteiger partial charge in [0.1, 0.15) is 17.3 Å². The Morgan fingerprint density at radius 2 is 1.86 bits per heavy atom. The van der Waals surface area contributed by atoms with Gasteiger partial charge in [-0.1, -0.05) is 18.2 Å². The smallest absolute Gasteiger partial charge is 0.368 e. The maximum absolute atomic E-state index is 14.8. The summed E-state index contributed by atoms with van der Waals surface area (Å²) in [6.07, 6.45) is -0.833. The van der Waals surface area contributed by atoms with Crippen LogP contribution < -0.4 is 5.32 Å². The Kier molecular flexibility index (Phi) is 5.97. The Balaban J connectivity index is 1.40. The second-order valence-corrected chi connectivity index (χ2v) is 9.93. The molecule has 5 nitrogen and oxygen atoms in total. The lowest BCUT2D eigenvalue weighted by Crippen LogP contribution is -2.40. The highest BCUT2D eigenvalue weighted by atomic mass is 19.4. The molecule has 1 atom stereocenters. The van der Waals surface area contributed by atoms with Crippen LogP contribution in [-0.4, -0.2) is 39.9 Å². The first kappa shape index (κ1) is 24.2. The van der Waals surface area contributed by atoms with Gasteiger partial charge in [0.25, 0.3) is 5.91 Å². The van der Waals surface area contributed by atoms with Crippen molar-refractivity contribution in [3.05, 3.63) is 77.0 Å². The number of hydrogen-bond acceptors (Lipinski definition) is 4. The van der Waals surface area contributed by atoms with Crippen LogP contribution in [0.3, 0.4) is 0 Å². The highest BCUT2D eigenvalue weighted by molar-refractivity contribution is 5.99. The number of anilines is 1. The number of halogens is 4. The molecule has 0 bridgehead atoms. The van der Waals surface area contributed by atoms with Crippen molar-refractivity contribution in [2.45, 2.75) is 45.3 Å². The van der Waals surface area contributed by atoms with Gasteiger partial charge in [0, 0.05) is 42.1 Å². The fourth-order valence-electron chi connectivity index (χ4n) is 4.92. The van der Waals surface area contributed by atoms with Crippen LogP contribution in [0.4, 0.5) is 23.4 Å². The SMILES string of the molecule is Cc1ccc(-c2ccc(C)nc2C(=O)N2CC3(CC3)CC2CNc2ccc(C(F)(F)F)cn2)c(F)c1. The first-order chi connectivity index (χ1) is 17.0. The molecular formula is C27H26F4N4O. The lowest BCUT2D eigenvalue weighted by molar-refractivity contribution is -0.137. The van der Waals surface area contributed by atoms with Crippen molar-refractivity contribution in [3.8, 4) is 11.1 Å². The lowest BCUT2D eigenvalue weighted by Gasteiger charge is -2.26. The molecule has 36 heavy (non-hydrogen) atoms. The first-order valence-corrected chi connectivity index (χ1v) is 11.9. The molecule has 1 saturated heterocycles. The monoisotopic (exact) mass is 498 g/mol. The number of nitrogens with one attached hydrogen (secondary N) is 1. The highest BCUT2D eigenvalue weighted by Crippen LogP contribution is 2.55. The molecule has 1 amide bonds. The summed E-state index contributed by atoms with van der Waals surface area (Å²) in [6.45, 7) is 4.50. The summed E-state index contributed by atoms with van der Waals surface area (Å²) in [5.41, 5.74) is 1.64. The molecule has 2 aromatic heterocycles. The van der Waals surface area contributed by atoms with Gasteiger partial charge in [-0.25, -0.2) is 14.4 Å². The number of pyridine rings is 2. The number of likely N-dealkylation sites (tertiary alicyclic amines) is 1. The number of amides is 1. The molecule has 1 spiro atoms. The van der Waals surface area contributed by atoms with Gasteiger partial charge >= 0.3 is 6.18 Å². The maximum Gasteiger partial charge on any atom is 0.417 e. The molecule has 2 fully saturated rings. The molecule has 3 aromatic rings. The number of rotatable bonds is 5. The average molecular weight is 499 g/mol. The first-order valence-electron chi connectivity index (χ1n) is 11.9. The van der Waals surface area contributed by atoms with Gasteiger partial charge in [0.05, 0.1) is 5.56 Å². The second kappa shape index (κ2) is 8.87. The number of aromatic nitrogens is 2. The van der Waals surface area contributed by atoms with Crippen molar-refractivity contribution in [2.24, 2.45) is 5.41 Å². The molecule has 0 radical (unpaired) electrons. The number of carbonyl (C=O) groups excluding carboxylic acids is 1. The molecule has 1 aliphatic heterocycles. The number of aryl methyl sites for hydroxylation is 2. The van der Waals surface area contributed by atoms with Crippen LogP contribution in [0.15, 0.2) is 48.7 Å². The number of alkyl halides is 3. The number of nitrogens with zero attached hydrogens (tertiary/aromatic N) is 3. The van der Waals surface area contributed by atoms with E-state index in [2.05, 4.69) is 15.3 Å². The molecule has 1 aliphatic carbocycles. The van der Waals surface area contributed by atoms with Crippen molar-refractivity contribution in [1.29, 1.82) is 0 Å². The van der Waals surface area contributed by atoms with Crippen molar-refractivity contribution in [3.63, 3.8) is 0 Å². The molecule has 3 heterocycles. The third-order valence-electron chi connectivity index (χ3n) is 7.09. The van der Waals surface area contributed by atoms with E-state index >= 15 is 0 Å². The maximum atomic E-state index is 14.8. The van der Waals surface area contributed by atoms with Gasteiger partial charge in [-0.05, 0) is 68.4 Å².